The molecule has 3 aromatic rings. The third kappa shape index (κ3) is 3.53. The van der Waals surface area contributed by atoms with E-state index in [1.54, 1.807) is 35.6 Å². The molecule has 0 N–H and O–H groups in total. The second-order valence-corrected chi connectivity index (χ2v) is 5.92. The summed E-state index contributed by atoms with van der Waals surface area (Å²) in [6.07, 6.45) is 0.808. The molecule has 0 atom stereocenters. The predicted octanol–water partition coefficient (Wildman–Crippen LogP) is 4.86. The molecule has 5 heteroatoms. The van der Waals surface area contributed by atoms with Crippen molar-refractivity contribution in [1.82, 2.24) is 4.98 Å². The minimum Gasteiger partial charge on any atom is -0.487 e. The maximum absolute atomic E-state index is 10.6. The number of benzene rings is 2. The van der Waals surface area contributed by atoms with Crippen LogP contribution in [0.1, 0.15) is 16.1 Å². The first-order valence-electron chi connectivity index (χ1n) is 6.63. The van der Waals surface area contributed by atoms with Gasteiger partial charge in [0, 0.05) is 21.5 Å². The number of hydrogen-bond acceptors (Lipinski definition) is 4. The van der Waals surface area contributed by atoms with Crippen molar-refractivity contribution < 1.29 is 9.53 Å². The smallest absolute Gasteiger partial charge is 0.150 e. The molecule has 0 saturated carbocycles. The number of ether oxygens (including phenoxy) is 1. The van der Waals surface area contributed by atoms with Crippen molar-refractivity contribution >= 4 is 29.2 Å². The molecular formula is C17H12ClNO2S. The molecule has 2 aromatic carbocycles. The van der Waals surface area contributed by atoms with E-state index in [2.05, 4.69) is 4.98 Å². The summed E-state index contributed by atoms with van der Waals surface area (Å²) in [5, 5.41) is 3.62. The van der Waals surface area contributed by atoms with Crippen molar-refractivity contribution in [1.29, 1.82) is 0 Å². The van der Waals surface area contributed by atoms with Gasteiger partial charge in [-0.15, -0.1) is 11.3 Å². The number of thiazole rings is 1. The topological polar surface area (TPSA) is 39.2 Å². The lowest BCUT2D eigenvalue weighted by Crippen LogP contribution is -1.95. The van der Waals surface area contributed by atoms with Crippen molar-refractivity contribution in [3.8, 4) is 16.3 Å². The standard InChI is InChI=1S/C17H12ClNO2S/c18-14-5-3-13(4-6-14)17-19-15(11-22-17)10-21-16-7-1-12(9-20)2-8-16/h1-9,11H,10H2. The van der Waals surface area contributed by atoms with Gasteiger partial charge in [0.1, 0.15) is 23.7 Å². The van der Waals surface area contributed by atoms with Gasteiger partial charge in [0.15, 0.2) is 0 Å². The molecule has 3 nitrogen and oxygen atoms in total. The number of halogens is 1. The number of aldehydes is 1. The number of carbonyl (C=O) groups is 1. The molecule has 110 valence electrons. The highest BCUT2D eigenvalue weighted by Crippen LogP contribution is 2.25. The fourth-order valence-electron chi connectivity index (χ4n) is 1.90. The highest BCUT2D eigenvalue weighted by atomic mass is 35.5. The molecule has 0 aliphatic carbocycles. The fourth-order valence-corrected chi connectivity index (χ4v) is 2.83. The average Bonchev–Trinajstić information content (AvgIpc) is 3.03. The fraction of sp³-hybridized carbons (Fsp3) is 0.0588. The molecular weight excluding hydrogens is 318 g/mol. The SMILES string of the molecule is O=Cc1ccc(OCc2csc(-c3ccc(Cl)cc3)n2)cc1. The zero-order valence-electron chi connectivity index (χ0n) is 11.5. The first kappa shape index (κ1) is 14.8. The van der Waals surface area contributed by atoms with Crippen molar-refractivity contribution in [3.63, 3.8) is 0 Å². The van der Waals surface area contributed by atoms with Crippen LogP contribution in [0.4, 0.5) is 0 Å². The van der Waals surface area contributed by atoms with Crippen LogP contribution in [-0.2, 0) is 6.61 Å². The molecule has 0 bridgehead atoms. The average molecular weight is 330 g/mol. The van der Waals surface area contributed by atoms with Gasteiger partial charge in [-0.1, -0.05) is 23.7 Å². The van der Waals surface area contributed by atoms with Gasteiger partial charge < -0.3 is 4.74 Å². The summed E-state index contributed by atoms with van der Waals surface area (Å²) in [5.41, 5.74) is 2.54. The molecule has 0 spiro atoms. The Balaban J connectivity index is 1.66. The van der Waals surface area contributed by atoms with Crippen LogP contribution >= 0.6 is 22.9 Å². The van der Waals surface area contributed by atoms with E-state index in [-0.39, 0.29) is 0 Å². The largest absolute Gasteiger partial charge is 0.487 e. The number of carbonyl (C=O) groups excluding carboxylic acids is 1. The van der Waals surface area contributed by atoms with E-state index < -0.39 is 0 Å². The van der Waals surface area contributed by atoms with Crippen LogP contribution in [0.15, 0.2) is 53.9 Å². The van der Waals surface area contributed by atoms with Gasteiger partial charge in [-0.05, 0) is 36.4 Å². The van der Waals surface area contributed by atoms with Crippen LogP contribution in [-0.4, -0.2) is 11.3 Å². The summed E-state index contributed by atoms with van der Waals surface area (Å²) in [6, 6.07) is 14.6. The van der Waals surface area contributed by atoms with Gasteiger partial charge in [-0.2, -0.15) is 0 Å². The molecule has 0 unspecified atom stereocenters. The third-order valence-corrected chi connectivity index (χ3v) is 4.24. The molecule has 0 aliphatic heterocycles. The highest BCUT2D eigenvalue weighted by Gasteiger charge is 2.05. The third-order valence-electron chi connectivity index (χ3n) is 3.05. The first-order chi connectivity index (χ1) is 10.7. The molecule has 0 aliphatic rings. The Kier molecular flexibility index (Phi) is 4.51. The van der Waals surface area contributed by atoms with E-state index in [0.717, 1.165) is 22.6 Å². The number of nitrogens with zero attached hydrogens (tertiary/aromatic N) is 1. The lowest BCUT2D eigenvalue weighted by Gasteiger charge is -2.03. The molecule has 0 radical (unpaired) electrons. The molecule has 22 heavy (non-hydrogen) atoms. The van der Waals surface area contributed by atoms with E-state index in [1.807, 2.05) is 29.6 Å². The molecule has 0 saturated heterocycles. The zero-order chi connectivity index (χ0) is 15.4. The van der Waals surface area contributed by atoms with E-state index in [9.17, 15) is 4.79 Å². The number of aromatic nitrogens is 1. The molecule has 0 fully saturated rings. The lowest BCUT2D eigenvalue weighted by atomic mass is 10.2. The van der Waals surface area contributed by atoms with Crippen LogP contribution in [0.25, 0.3) is 10.6 Å². The zero-order valence-corrected chi connectivity index (χ0v) is 13.1. The van der Waals surface area contributed by atoms with Crippen molar-refractivity contribution in [2.45, 2.75) is 6.61 Å². The summed E-state index contributed by atoms with van der Waals surface area (Å²) in [5.74, 6) is 0.714. The van der Waals surface area contributed by atoms with Crippen molar-refractivity contribution in [2.75, 3.05) is 0 Å². The van der Waals surface area contributed by atoms with Crippen molar-refractivity contribution in [2.24, 2.45) is 0 Å². The van der Waals surface area contributed by atoms with Crippen LogP contribution in [0.5, 0.6) is 5.75 Å². The Hall–Kier alpha value is -2.17. The van der Waals surface area contributed by atoms with E-state index >= 15 is 0 Å². The molecule has 3 rings (SSSR count). The summed E-state index contributed by atoms with van der Waals surface area (Å²) >= 11 is 7.45. The Morgan fingerprint density at radius 3 is 2.50 bits per heavy atom. The second kappa shape index (κ2) is 6.73. The highest BCUT2D eigenvalue weighted by molar-refractivity contribution is 7.13. The van der Waals surface area contributed by atoms with Gasteiger partial charge in [0.05, 0.1) is 5.69 Å². The van der Waals surface area contributed by atoms with Gasteiger partial charge in [-0.3, -0.25) is 4.79 Å². The minimum absolute atomic E-state index is 0.393. The lowest BCUT2D eigenvalue weighted by molar-refractivity contribution is 0.112. The molecule has 0 amide bonds. The number of rotatable bonds is 5. The quantitative estimate of drug-likeness (QED) is 0.628. The normalized spacial score (nSPS) is 10.4. The van der Waals surface area contributed by atoms with E-state index in [1.165, 1.54) is 0 Å². The second-order valence-electron chi connectivity index (χ2n) is 4.63. The Morgan fingerprint density at radius 1 is 1.09 bits per heavy atom. The van der Waals surface area contributed by atoms with Gasteiger partial charge in [0.2, 0.25) is 0 Å². The van der Waals surface area contributed by atoms with E-state index in [0.29, 0.717) is 22.9 Å². The minimum atomic E-state index is 0.393. The Labute approximate surface area is 137 Å². The Morgan fingerprint density at radius 2 is 1.82 bits per heavy atom. The first-order valence-corrected chi connectivity index (χ1v) is 7.89. The predicted molar refractivity (Wildman–Crippen MR) is 88.7 cm³/mol. The van der Waals surface area contributed by atoms with Crippen molar-refractivity contribution in [3.05, 3.63) is 70.2 Å². The van der Waals surface area contributed by atoms with Crippen LogP contribution < -0.4 is 4.74 Å². The monoisotopic (exact) mass is 329 g/mol. The summed E-state index contributed by atoms with van der Waals surface area (Å²) in [4.78, 5) is 15.2. The van der Waals surface area contributed by atoms with Gasteiger partial charge in [0.25, 0.3) is 0 Å². The summed E-state index contributed by atoms with van der Waals surface area (Å²) in [6.45, 7) is 0.393. The summed E-state index contributed by atoms with van der Waals surface area (Å²) in [7, 11) is 0. The molecule has 1 aromatic heterocycles. The maximum Gasteiger partial charge on any atom is 0.150 e. The summed E-state index contributed by atoms with van der Waals surface area (Å²) < 4.78 is 5.67. The molecule has 1 heterocycles. The van der Waals surface area contributed by atoms with Crippen LogP contribution in [0, 0.1) is 0 Å². The van der Waals surface area contributed by atoms with Crippen LogP contribution in [0.3, 0.4) is 0 Å². The number of hydrogen-bond donors (Lipinski definition) is 0. The van der Waals surface area contributed by atoms with E-state index in [4.69, 9.17) is 16.3 Å². The Bertz CT molecular complexity index is 766. The maximum atomic E-state index is 10.6. The van der Waals surface area contributed by atoms with Gasteiger partial charge >= 0.3 is 0 Å². The van der Waals surface area contributed by atoms with Gasteiger partial charge in [-0.25, -0.2) is 4.98 Å². The van der Waals surface area contributed by atoms with Crippen LogP contribution in [0.2, 0.25) is 5.02 Å².